The molecule has 0 bridgehead atoms. The van der Waals surface area contributed by atoms with Gasteiger partial charge in [0.05, 0.1) is 23.7 Å². The second-order valence-corrected chi connectivity index (χ2v) is 7.49. The maximum absolute atomic E-state index is 13.0. The molecule has 1 unspecified atom stereocenters. The number of aromatic nitrogens is 2. The molecule has 0 aliphatic heterocycles. The third kappa shape index (κ3) is 5.05. The Labute approximate surface area is 171 Å². The highest BCUT2D eigenvalue weighted by Crippen LogP contribution is 2.10. The number of H-pyrrole nitrogens is 1. The van der Waals surface area contributed by atoms with Crippen LogP contribution in [0.2, 0.25) is 0 Å². The molecule has 2 amide bonds. The van der Waals surface area contributed by atoms with Crippen molar-refractivity contribution in [1.29, 1.82) is 0 Å². The molecule has 2 aromatic heterocycles. The molecule has 0 saturated carbocycles. The minimum absolute atomic E-state index is 0.116. The van der Waals surface area contributed by atoms with Crippen LogP contribution < -0.4 is 10.9 Å². The lowest BCUT2D eigenvalue weighted by Crippen LogP contribution is -2.47. The van der Waals surface area contributed by atoms with E-state index in [2.05, 4.69) is 15.3 Å². The zero-order valence-electron chi connectivity index (χ0n) is 16.2. The SMILES string of the molecule is CSCCC(NC(=O)c1ccco1)C(=O)N(C)Cc1nc2ccccc2c(=O)[nH]1. The molecule has 29 heavy (non-hydrogen) atoms. The molecule has 0 aliphatic rings. The zero-order valence-corrected chi connectivity index (χ0v) is 17.0. The third-order valence-corrected chi connectivity index (χ3v) is 5.03. The molecule has 0 radical (unpaired) electrons. The summed E-state index contributed by atoms with van der Waals surface area (Å²) in [6, 6.07) is 9.46. The molecule has 1 atom stereocenters. The number of para-hydroxylation sites is 1. The number of amides is 2. The van der Waals surface area contributed by atoms with E-state index in [1.807, 2.05) is 6.26 Å². The number of nitrogens with one attached hydrogen (secondary N) is 2. The largest absolute Gasteiger partial charge is 0.459 e. The molecule has 3 rings (SSSR count). The summed E-state index contributed by atoms with van der Waals surface area (Å²) in [4.78, 5) is 46.1. The summed E-state index contributed by atoms with van der Waals surface area (Å²) in [6.07, 6.45) is 3.81. The Morgan fingerprint density at radius 1 is 1.28 bits per heavy atom. The number of carbonyl (C=O) groups is 2. The predicted molar refractivity (Wildman–Crippen MR) is 112 cm³/mol. The fourth-order valence-electron chi connectivity index (χ4n) is 2.91. The van der Waals surface area contributed by atoms with Gasteiger partial charge < -0.3 is 19.6 Å². The summed E-state index contributed by atoms with van der Waals surface area (Å²) in [6.45, 7) is 0.116. The molecule has 1 aromatic carbocycles. The quantitative estimate of drug-likeness (QED) is 0.584. The number of furan rings is 1. The van der Waals surface area contributed by atoms with Gasteiger partial charge in [0.2, 0.25) is 5.91 Å². The van der Waals surface area contributed by atoms with Crippen molar-refractivity contribution in [3.05, 3.63) is 64.6 Å². The molecule has 9 heteroatoms. The first-order valence-corrected chi connectivity index (χ1v) is 10.4. The van der Waals surface area contributed by atoms with Crippen LogP contribution in [0, 0.1) is 0 Å². The fraction of sp³-hybridized carbons (Fsp3) is 0.300. The van der Waals surface area contributed by atoms with Gasteiger partial charge in [0.15, 0.2) is 5.76 Å². The van der Waals surface area contributed by atoms with Crippen molar-refractivity contribution >= 4 is 34.5 Å². The van der Waals surface area contributed by atoms with E-state index in [1.165, 1.54) is 11.2 Å². The van der Waals surface area contributed by atoms with Crippen molar-refractivity contribution in [2.45, 2.75) is 19.0 Å². The molecule has 0 fully saturated rings. The van der Waals surface area contributed by atoms with Crippen molar-refractivity contribution in [2.75, 3.05) is 19.1 Å². The van der Waals surface area contributed by atoms with Gasteiger partial charge in [-0.3, -0.25) is 14.4 Å². The van der Waals surface area contributed by atoms with Gasteiger partial charge in [-0.05, 0) is 42.7 Å². The van der Waals surface area contributed by atoms with Crippen molar-refractivity contribution in [3.8, 4) is 0 Å². The number of likely N-dealkylation sites (N-methyl/N-ethyl adjacent to an activating group) is 1. The van der Waals surface area contributed by atoms with Gasteiger partial charge in [0.25, 0.3) is 11.5 Å². The third-order valence-electron chi connectivity index (χ3n) is 4.38. The van der Waals surface area contributed by atoms with E-state index in [0.29, 0.717) is 28.9 Å². The van der Waals surface area contributed by atoms with Gasteiger partial charge in [-0.1, -0.05) is 12.1 Å². The summed E-state index contributed by atoms with van der Waals surface area (Å²) in [5, 5.41) is 3.23. The van der Waals surface area contributed by atoms with Crippen LogP contribution in [0.1, 0.15) is 22.8 Å². The van der Waals surface area contributed by atoms with Crippen LogP contribution in [-0.4, -0.2) is 51.8 Å². The van der Waals surface area contributed by atoms with E-state index >= 15 is 0 Å². The smallest absolute Gasteiger partial charge is 0.287 e. The van der Waals surface area contributed by atoms with E-state index in [4.69, 9.17) is 4.42 Å². The molecule has 2 heterocycles. The number of benzene rings is 1. The normalized spacial score (nSPS) is 11.9. The van der Waals surface area contributed by atoms with Crippen molar-refractivity contribution in [1.82, 2.24) is 20.2 Å². The number of aromatic amines is 1. The van der Waals surface area contributed by atoms with Gasteiger partial charge in [-0.25, -0.2) is 4.98 Å². The van der Waals surface area contributed by atoms with Gasteiger partial charge in [0.1, 0.15) is 11.9 Å². The molecule has 2 N–H and O–H groups in total. The topological polar surface area (TPSA) is 108 Å². The molecule has 8 nitrogen and oxygen atoms in total. The number of hydrogen-bond donors (Lipinski definition) is 2. The number of fused-ring (bicyclic) bond motifs is 1. The number of rotatable bonds is 8. The highest BCUT2D eigenvalue weighted by Gasteiger charge is 2.25. The lowest BCUT2D eigenvalue weighted by atomic mass is 10.2. The highest BCUT2D eigenvalue weighted by molar-refractivity contribution is 7.98. The Bertz CT molecular complexity index is 1050. The lowest BCUT2D eigenvalue weighted by Gasteiger charge is -2.24. The standard InChI is InChI=1S/C20H22N4O4S/c1-24(12-17-21-14-7-4-3-6-13(14)18(25)23-17)20(27)15(9-11-29-2)22-19(26)16-8-5-10-28-16/h3-8,10,15H,9,11-12H2,1-2H3,(H,22,26)(H,21,23,25). The van der Waals surface area contributed by atoms with E-state index < -0.39 is 11.9 Å². The first kappa shape index (κ1) is 20.7. The van der Waals surface area contributed by atoms with Crippen molar-refractivity contribution in [3.63, 3.8) is 0 Å². The maximum atomic E-state index is 13.0. The molecule has 152 valence electrons. The number of nitrogens with zero attached hydrogens (tertiary/aromatic N) is 2. The summed E-state index contributed by atoms with van der Waals surface area (Å²) < 4.78 is 5.10. The number of hydrogen-bond acceptors (Lipinski definition) is 6. The summed E-state index contributed by atoms with van der Waals surface area (Å²) in [5.41, 5.74) is 0.314. The summed E-state index contributed by atoms with van der Waals surface area (Å²) in [5.74, 6) is 0.517. The van der Waals surface area contributed by atoms with Gasteiger partial charge in [-0.15, -0.1) is 0 Å². The Kier molecular flexibility index (Phi) is 6.71. The maximum Gasteiger partial charge on any atom is 0.287 e. The second kappa shape index (κ2) is 9.42. The Morgan fingerprint density at radius 3 is 2.79 bits per heavy atom. The average Bonchev–Trinajstić information content (AvgIpc) is 3.25. The summed E-state index contributed by atoms with van der Waals surface area (Å²) >= 11 is 1.59. The van der Waals surface area contributed by atoms with Crippen LogP contribution in [0.4, 0.5) is 0 Å². The van der Waals surface area contributed by atoms with E-state index in [9.17, 15) is 14.4 Å². The predicted octanol–water partition coefficient (Wildman–Crippen LogP) is 2.03. The van der Waals surface area contributed by atoms with E-state index in [0.717, 1.165) is 0 Å². The number of carbonyl (C=O) groups excluding carboxylic acids is 2. The highest BCUT2D eigenvalue weighted by atomic mass is 32.2. The van der Waals surface area contributed by atoms with Crippen LogP contribution in [0.15, 0.2) is 51.9 Å². The summed E-state index contributed by atoms with van der Waals surface area (Å²) in [7, 11) is 1.61. The van der Waals surface area contributed by atoms with Gasteiger partial charge >= 0.3 is 0 Å². The second-order valence-electron chi connectivity index (χ2n) is 6.51. The Balaban J connectivity index is 1.74. The van der Waals surface area contributed by atoms with Crippen LogP contribution in [0.25, 0.3) is 10.9 Å². The minimum atomic E-state index is -0.711. The molecule has 0 spiro atoms. The van der Waals surface area contributed by atoms with Gasteiger partial charge in [-0.2, -0.15) is 11.8 Å². The Hall–Kier alpha value is -3.07. The first-order valence-electron chi connectivity index (χ1n) is 9.06. The zero-order chi connectivity index (χ0) is 20.8. The van der Waals surface area contributed by atoms with E-state index in [-0.39, 0.29) is 23.8 Å². The molecular weight excluding hydrogens is 392 g/mol. The van der Waals surface area contributed by atoms with E-state index in [1.54, 1.807) is 55.2 Å². The molecular formula is C20H22N4O4S. The minimum Gasteiger partial charge on any atom is -0.459 e. The fourth-order valence-corrected chi connectivity index (χ4v) is 3.38. The molecule has 0 aliphatic carbocycles. The van der Waals surface area contributed by atoms with Crippen LogP contribution in [0.3, 0.4) is 0 Å². The lowest BCUT2D eigenvalue weighted by molar-refractivity contribution is -0.132. The van der Waals surface area contributed by atoms with Crippen molar-refractivity contribution in [2.24, 2.45) is 0 Å². The monoisotopic (exact) mass is 414 g/mol. The van der Waals surface area contributed by atoms with Crippen LogP contribution in [0.5, 0.6) is 0 Å². The van der Waals surface area contributed by atoms with Crippen LogP contribution >= 0.6 is 11.8 Å². The molecule has 3 aromatic rings. The average molecular weight is 414 g/mol. The number of thioether (sulfide) groups is 1. The molecule has 0 saturated heterocycles. The van der Waals surface area contributed by atoms with Crippen LogP contribution in [-0.2, 0) is 11.3 Å². The van der Waals surface area contributed by atoms with Gasteiger partial charge in [0, 0.05) is 7.05 Å². The first-order chi connectivity index (χ1) is 14.0. The van der Waals surface area contributed by atoms with Crippen molar-refractivity contribution < 1.29 is 14.0 Å². The Morgan fingerprint density at radius 2 is 2.07 bits per heavy atom.